The van der Waals surface area contributed by atoms with Crippen molar-refractivity contribution in [1.29, 1.82) is 0 Å². The minimum absolute atomic E-state index is 0.139. The number of hydrogen-bond donors (Lipinski definition) is 0. The zero-order valence-corrected chi connectivity index (χ0v) is 17.7. The molecule has 2 heterocycles. The highest BCUT2D eigenvalue weighted by Crippen LogP contribution is 2.40. The lowest BCUT2D eigenvalue weighted by Crippen LogP contribution is -2.53. The molecule has 4 rings (SSSR count). The third-order valence-corrected chi connectivity index (χ3v) is 5.70. The number of aryl methyl sites for hydroxylation is 2. The molecule has 0 bridgehead atoms. The summed E-state index contributed by atoms with van der Waals surface area (Å²) in [5.74, 6) is 1.06. The predicted octanol–water partition coefficient (Wildman–Crippen LogP) is 4.43. The third-order valence-electron chi connectivity index (χ3n) is 5.70. The van der Waals surface area contributed by atoms with Crippen molar-refractivity contribution < 1.29 is 23.8 Å². The topological polar surface area (TPSA) is 68.3 Å². The van der Waals surface area contributed by atoms with Crippen LogP contribution in [-0.2, 0) is 4.74 Å². The fourth-order valence-electron chi connectivity index (χ4n) is 3.91. The van der Waals surface area contributed by atoms with Crippen molar-refractivity contribution in [3.8, 4) is 11.5 Å². The molecule has 1 unspecified atom stereocenters. The number of benzene rings is 2. The number of amides is 2. The highest BCUT2D eigenvalue weighted by atomic mass is 16.7. The van der Waals surface area contributed by atoms with Crippen molar-refractivity contribution in [3.63, 3.8) is 0 Å². The van der Waals surface area contributed by atoms with Crippen LogP contribution in [0.1, 0.15) is 41.8 Å². The van der Waals surface area contributed by atoms with Crippen molar-refractivity contribution in [1.82, 2.24) is 0 Å². The smallest absolute Gasteiger partial charge is 0.414 e. The number of carbonyl (C=O) groups excluding carboxylic acids is 2. The maximum atomic E-state index is 13.5. The van der Waals surface area contributed by atoms with Gasteiger partial charge in [-0.2, -0.15) is 0 Å². The first kappa shape index (κ1) is 20.1. The zero-order chi connectivity index (χ0) is 21.4. The minimum Gasteiger partial charge on any atom is -0.454 e. The Hall–Kier alpha value is -3.22. The number of nitrogens with zero attached hydrogens (tertiary/aromatic N) is 2. The normalized spacial score (nSPS) is 17.0. The van der Waals surface area contributed by atoms with Crippen molar-refractivity contribution >= 4 is 23.4 Å². The molecule has 2 aromatic rings. The number of fused-ring (bicyclic) bond motifs is 2. The Morgan fingerprint density at radius 2 is 1.73 bits per heavy atom. The summed E-state index contributed by atoms with van der Waals surface area (Å²) in [6.07, 6.45) is 0.305. The highest BCUT2D eigenvalue weighted by Gasteiger charge is 2.38. The molecule has 7 heteroatoms. The summed E-state index contributed by atoms with van der Waals surface area (Å²) in [4.78, 5) is 29.7. The average molecular weight is 410 g/mol. The van der Waals surface area contributed by atoms with Gasteiger partial charge in [-0.1, -0.05) is 6.92 Å². The largest absolute Gasteiger partial charge is 0.454 e. The van der Waals surface area contributed by atoms with Gasteiger partial charge in [0.2, 0.25) is 6.79 Å². The second kappa shape index (κ2) is 7.89. The van der Waals surface area contributed by atoms with Gasteiger partial charge < -0.3 is 19.1 Å². The lowest BCUT2D eigenvalue weighted by molar-refractivity contribution is 0.0981. The van der Waals surface area contributed by atoms with E-state index in [0.29, 0.717) is 48.0 Å². The first-order valence-corrected chi connectivity index (χ1v) is 10.2. The van der Waals surface area contributed by atoms with Gasteiger partial charge in [0.15, 0.2) is 11.5 Å². The Kier molecular flexibility index (Phi) is 5.28. The molecule has 0 radical (unpaired) electrons. The Morgan fingerprint density at radius 3 is 2.43 bits per heavy atom. The van der Waals surface area contributed by atoms with Crippen LogP contribution in [0.5, 0.6) is 11.5 Å². The maximum Gasteiger partial charge on any atom is 0.414 e. The molecule has 0 saturated carbocycles. The lowest BCUT2D eigenvalue weighted by Gasteiger charge is -2.42. The van der Waals surface area contributed by atoms with Gasteiger partial charge in [-0.25, -0.2) is 4.79 Å². The number of ether oxygens (including phenoxy) is 3. The molecule has 0 aromatic heterocycles. The standard InChI is InChI=1S/C23H26N2O5/c1-5-17-12-24(22(26)16-7-8-20-21(11-16)30-13-29-20)18-9-14(3)15(4)10-19(18)25(17)23(27)28-6-2/h7-11,17H,5-6,12-13H2,1-4H3. The molecule has 2 aliphatic rings. The predicted molar refractivity (Wildman–Crippen MR) is 114 cm³/mol. The maximum absolute atomic E-state index is 13.5. The molecule has 2 amide bonds. The van der Waals surface area contributed by atoms with Crippen LogP contribution in [-0.4, -0.2) is 38.0 Å². The SMILES string of the molecule is CCOC(=O)N1c2cc(C)c(C)cc2N(C(=O)c2ccc3c(c2)OCO3)CC1CC. The first-order valence-electron chi connectivity index (χ1n) is 10.2. The Labute approximate surface area is 176 Å². The monoisotopic (exact) mass is 410 g/mol. The molecule has 0 saturated heterocycles. The highest BCUT2D eigenvalue weighted by molar-refractivity contribution is 6.10. The second-order valence-corrected chi connectivity index (χ2v) is 7.54. The minimum atomic E-state index is -0.385. The van der Waals surface area contributed by atoms with Crippen LogP contribution in [0.3, 0.4) is 0 Å². The van der Waals surface area contributed by atoms with Crippen LogP contribution in [0, 0.1) is 13.8 Å². The van der Waals surface area contributed by atoms with Gasteiger partial charge >= 0.3 is 6.09 Å². The fraction of sp³-hybridized carbons (Fsp3) is 0.391. The molecule has 2 aromatic carbocycles. The van der Waals surface area contributed by atoms with Gasteiger partial charge in [0.1, 0.15) is 0 Å². The first-order chi connectivity index (χ1) is 14.4. The molecule has 0 aliphatic carbocycles. The molecular formula is C23H26N2O5. The van der Waals surface area contributed by atoms with Crippen molar-refractivity contribution in [2.24, 2.45) is 0 Å². The number of hydrogen-bond acceptors (Lipinski definition) is 5. The molecule has 2 aliphatic heterocycles. The quantitative estimate of drug-likeness (QED) is 0.749. The Bertz CT molecular complexity index is 1000. The van der Waals surface area contributed by atoms with E-state index in [2.05, 4.69) is 0 Å². The van der Waals surface area contributed by atoms with E-state index in [4.69, 9.17) is 14.2 Å². The van der Waals surface area contributed by atoms with E-state index >= 15 is 0 Å². The van der Waals surface area contributed by atoms with Gasteiger partial charge in [0.25, 0.3) is 5.91 Å². The van der Waals surface area contributed by atoms with E-state index in [-0.39, 0.29) is 24.8 Å². The number of rotatable bonds is 3. The molecule has 30 heavy (non-hydrogen) atoms. The lowest BCUT2D eigenvalue weighted by atomic mass is 9.99. The molecule has 7 nitrogen and oxygen atoms in total. The van der Waals surface area contributed by atoms with Crippen molar-refractivity contribution in [3.05, 3.63) is 47.0 Å². The summed E-state index contributed by atoms with van der Waals surface area (Å²) in [5.41, 5.74) is 4.02. The van der Waals surface area contributed by atoms with Gasteiger partial charge in [-0.3, -0.25) is 9.69 Å². The fourth-order valence-corrected chi connectivity index (χ4v) is 3.91. The van der Waals surface area contributed by atoms with E-state index in [1.165, 1.54) is 0 Å². The number of anilines is 2. The third kappa shape index (κ3) is 3.34. The zero-order valence-electron chi connectivity index (χ0n) is 17.7. The Balaban J connectivity index is 1.79. The summed E-state index contributed by atoms with van der Waals surface area (Å²) >= 11 is 0. The summed E-state index contributed by atoms with van der Waals surface area (Å²) in [6.45, 7) is 8.64. The van der Waals surface area contributed by atoms with Crippen molar-refractivity contribution in [2.45, 2.75) is 40.2 Å². The molecule has 0 spiro atoms. The van der Waals surface area contributed by atoms with Gasteiger partial charge in [-0.15, -0.1) is 0 Å². The summed E-state index contributed by atoms with van der Waals surface area (Å²) in [6, 6.07) is 8.95. The van der Waals surface area contributed by atoms with E-state index < -0.39 is 0 Å². The van der Waals surface area contributed by atoms with Crippen LogP contribution < -0.4 is 19.3 Å². The van der Waals surface area contributed by atoms with Crippen LogP contribution in [0.25, 0.3) is 0 Å². The van der Waals surface area contributed by atoms with Crippen LogP contribution in [0.4, 0.5) is 16.2 Å². The average Bonchev–Trinajstić information content (AvgIpc) is 3.21. The van der Waals surface area contributed by atoms with E-state index in [1.807, 2.05) is 32.9 Å². The number of carbonyl (C=O) groups is 2. The van der Waals surface area contributed by atoms with Crippen molar-refractivity contribution in [2.75, 3.05) is 29.7 Å². The summed E-state index contributed by atoms with van der Waals surface area (Å²) in [7, 11) is 0. The van der Waals surface area contributed by atoms with Crippen LogP contribution >= 0.6 is 0 Å². The summed E-state index contributed by atoms with van der Waals surface area (Å²) < 4.78 is 16.1. The van der Waals surface area contributed by atoms with Gasteiger partial charge in [0, 0.05) is 12.1 Å². The van der Waals surface area contributed by atoms with E-state index in [1.54, 1.807) is 34.9 Å². The summed E-state index contributed by atoms with van der Waals surface area (Å²) in [5, 5.41) is 0. The van der Waals surface area contributed by atoms with Crippen LogP contribution in [0.2, 0.25) is 0 Å². The Morgan fingerprint density at radius 1 is 1.03 bits per heavy atom. The van der Waals surface area contributed by atoms with Crippen LogP contribution in [0.15, 0.2) is 30.3 Å². The molecule has 0 N–H and O–H groups in total. The van der Waals surface area contributed by atoms with Gasteiger partial charge in [0.05, 0.1) is 24.0 Å². The van der Waals surface area contributed by atoms with E-state index in [9.17, 15) is 9.59 Å². The molecule has 1 atom stereocenters. The molecule has 0 fully saturated rings. The second-order valence-electron chi connectivity index (χ2n) is 7.54. The molecular weight excluding hydrogens is 384 g/mol. The van der Waals surface area contributed by atoms with Gasteiger partial charge in [-0.05, 0) is 68.7 Å². The van der Waals surface area contributed by atoms with E-state index in [0.717, 1.165) is 11.1 Å². The molecule has 158 valence electrons.